The number of aromatic nitrogens is 4. The predicted octanol–water partition coefficient (Wildman–Crippen LogP) is 1.16. The molecule has 1 fully saturated rings. The fraction of sp³-hybridized carbons (Fsp3) is 0.917. The lowest BCUT2D eigenvalue weighted by molar-refractivity contribution is 0.0130. The van der Waals surface area contributed by atoms with E-state index in [1.165, 1.54) is 0 Å². The van der Waals surface area contributed by atoms with Crippen molar-refractivity contribution in [1.29, 1.82) is 0 Å². The molecule has 1 aliphatic heterocycles. The molecule has 1 saturated heterocycles. The van der Waals surface area contributed by atoms with Gasteiger partial charge in [0.15, 0.2) is 5.82 Å². The summed E-state index contributed by atoms with van der Waals surface area (Å²) in [7, 11) is 0. The van der Waals surface area contributed by atoms with Crippen LogP contribution in [0.25, 0.3) is 0 Å². The number of ether oxygens (including phenoxy) is 1. The van der Waals surface area contributed by atoms with Crippen LogP contribution in [0.5, 0.6) is 0 Å². The van der Waals surface area contributed by atoms with E-state index in [1.54, 1.807) is 0 Å². The molecule has 1 atom stereocenters. The lowest BCUT2D eigenvalue weighted by Gasteiger charge is -2.33. The SMILES string of the molecule is CCNC(C)c1nnnn1CC1(C)CCOCC1. The Kier molecular flexibility index (Phi) is 4.29. The molecule has 0 saturated carbocycles. The molecular formula is C12H23N5O. The molecule has 2 heterocycles. The van der Waals surface area contributed by atoms with E-state index in [2.05, 4.69) is 41.6 Å². The van der Waals surface area contributed by atoms with Gasteiger partial charge in [0.05, 0.1) is 12.6 Å². The minimum absolute atomic E-state index is 0.188. The average Bonchev–Trinajstić information content (AvgIpc) is 2.77. The third-order valence-corrected chi connectivity index (χ3v) is 3.69. The van der Waals surface area contributed by atoms with Gasteiger partial charge in [-0.3, -0.25) is 0 Å². The largest absolute Gasteiger partial charge is 0.381 e. The highest BCUT2D eigenvalue weighted by atomic mass is 16.5. The first-order chi connectivity index (χ1) is 8.64. The molecule has 1 aliphatic rings. The maximum absolute atomic E-state index is 5.43. The molecule has 6 heteroatoms. The average molecular weight is 253 g/mol. The zero-order valence-corrected chi connectivity index (χ0v) is 11.5. The van der Waals surface area contributed by atoms with Crippen molar-refractivity contribution >= 4 is 0 Å². The fourth-order valence-electron chi connectivity index (χ4n) is 2.42. The Bertz CT molecular complexity index is 372. The Morgan fingerprint density at radius 1 is 1.44 bits per heavy atom. The molecule has 1 aromatic rings. The second-order valence-corrected chi connectivity index (χ2v) is 5.40. The second kappa shape index (κ2) is 5.75. The van der Waals surface area contributed by atoms with Crippen LogP contribution in [-0.4, -0.2) is 40.0 Å². The van der Waals surface area contributed by atoms with Gasteiger partial charge in [0, 0.05) is 13.2 Å². The van der Waals surface area contributed by atoms with E-state index in [0.717, 1.165) is 45.0 Å². The van der Waals surface area contributed by atoms with Crippen molar-refractivity contribution in [2.24, 2.45) is 5.41 Å². The van der Waals surface area contributed by atoms with Gasteiger partial charge in [0.2, 0.25) is 0 Å². The Labute approximate surface area is 108 Å². The molecular weight excluding hydrogens is 230 g/mol. The number of nitrogens with zero attached hydrogens (tertiary/aromatic N) is 4. The molecule has 0 aliphatic carbocycles. The number of rotatable bonds is 5. The summed E-state index contributed by atoms with van der Waals surface area (Å²) in [5.41, 5.74) is 0.244. The van der Waals surface area contributed by atoms with Crippen LogP contribution in [-0.2, 0) is 11.3 Å². The van der Waals surface area contributed by atoms with Crippen molar-refractivity contribution in [2.45, 2.75) is 46.2 Å². The highest BCUT2D eigenvalue weighted by Gasteiger charge is 2.29. The van der Waals surface area contributed by atoms with Gasteiger partial charge >= 0.3 is 0 Å². The number of hydrogen-bond acceptors (Lipinski definition) is 5. The predicted molar refractivity (Wildman–Crippen MR) is 68.1 cm³/mol. The van der Waals surface area contributed by atoms with E-state index >= 15 is 0 Å². The molecule has 0 radical (unpaired) electrons. The quantitative estimate of drug-likeness (QED) is 0.853. The van der Waals surface area contributed by atoms with Crippen molar-refractivity contribution < 1.29 is 4.74 Å². The first kappa shape index (κ1) is 13.4. The van der Waals surface area contributed by atoms with Crippen LogP contribution in [0.4, 0.5) is 0 Å². The summed E-state index contributed by atoms with van der Waals surface area (Å²) in [6.45, 7) is 9.95. The van der Waals surface area contributed by atoms with Crippen molar-refractivity contribution in [3.8, 4) is 0 Å². The zero-order valence-electron chi connectivity index (χ0n) is 11.5. The Hall–Kier alpha value is -1.01. The lowest BCUT2D eigenvalue weighted by Crippen LogP contribution is -2.33. The van der Waals surface area contributed by atoms with Gasteiger partial charge in [-0.1, -0.05) is 13.8 Å². The Morgan fingerprint density at radius 2 is 2.17 bits per heavy atom. The van der Waals surface area contributed by atoms with E-state index in [4.69, 9.17) is 4.74 Å². The minimum Gasteiger partial charge on any atom is -0.381 e. The molecule has 18 heavy (non-hydrogen) atoms. The van der Waals surface area contributed by atoms with Crippen LogP contribution in [0.15, 0.2) is 0 Å². The summed E-state index contributed by atoms with van der Waals surface area (Å²) < 4.78 is 7.37. The summed E-state index contributed by atoms with van der Waals surface area (Å²) in [4.78, 5) is 0. The van der Waals surface area contributed by atoms with Crippen LogP contribution in [0.2, 0.25) is 0 Å². The fourth-order valence-corrected chi connectivity index (χ4v) is 2.42. The van der Waals surface area contributed by atoms with Gasteiger partial charge in [0.25, 0.3) is 0 Å². The number of hydrogen-bond donors (Lipinski definition) is 1. The van der Waals surface area contributed by atoms with E-state index in [-0.39, 0.29) is 11.5 Å². The Balaban J connectivity index is 2.07. The third kappa shape index (κ3) is 3.05. The van der Waals surface area contributed by atoms with Crippen LogP contribution in [0.3, 0.4) is 0 Å². The zero-order chi connectivity index (χ0) is 13.0. The van der Waals surface area contributed by atoms with Gasteiger partial charge in [-0.25, -0.2) is 4.68 Å². The molecule has 0 aromatic carbocycles. The van der Waals surface area contributed by atoms with Crippen molar-refractivity contribution in [1.82, 2.24) is 25.5 Å². The van der Waals surface area contributed by atoms with Crippen LogP contribution < -0.4 is 5.32 Å². The summed E-state index contributed by atoms with van der Waals surface area (Å²) >= 11 is 0. The monoisotopic (exact) mass is 253 g/mol. The highest BCUT2D eigenvalue weighted by molar-refractivity contribution is 4.91. The first-order valence-electron chi connectivity index (χ1n) is 6.72. The normalized spacial score (nSPS) is 20.8. The second-order valence-electron chi connectivity index (χ2n) is 5.40. The standard InChI is InChI=1S/C12H23N5O/c1-4-13-10(2)11-14-15-16-17(11)9-12(3)5-7-18-8-6-12/h10,13H,4-9H2,1-3H3. The first-order valence-corrected chi connectivity index (χ1v) is 6.72. The molecule has 0 spiro atoms. The van der Waals surface area contributed by atoms with Crippen LogP contribution in [0, 0.1) is 5.41 Å². The van der Waals surface area contributed by atoms with Gasteiger partial charge in [-0.05, 0) is 42.2 Å². The molecule has 1 unspecified atom stereocenters. The highest BCUT2D eigenvalue weighted by Crippen LogP contribution is 2.31. The Morgan fingerprint density at radius 3 is 2.83 bits per heavy atom. The van der Waals surface area contributed by atoms with Crippen LogP contribution in [0.1, 0.15) is 45.5 Å². The van der Waals surface area contributed by atoms with Gasteiger partial charge in [-0.2, -0.15) is 0 Å². The van der Waals surface area contributed by atoms with Crippen LogP contribution >= 0.6 is 0 Å². The summed E-state index contributed by atoms with van der Waals surface area (Å²) in [6, 6.07) is 0.188. The summed E-state index contributed by atoms with van der Waals surface area (Å²) in [5.74, 6) is 0.921. The maximum atomic E-state index is 5.43. The van der Waals surface area contributed by atoms with Crippen molar-refractivity contribution in [3.05, 3.63) is 5.82 Å². The number of nitrogens with one attached hydrogen (secondary N) is 1. The molecule has 102 valence electrons. The maximum Gasteiger partial charge on any atom is 0.167 e. The molecule has 0 amide bonds. The van der Waals surface area contributed by atoms with Gasteiger partial charge in [-0.15, -0.1) is 5.10 Å². The minimum atomic E-state index is 0.188. The topological polar surface area (TPSA) is 64.9 Å². The van der Waals surface area contributed by atoms with Crippen molar-refractivity contribution in [3.63, 3.8) is 0 Å². The third-order valence-electron chi connectivity index (χ3n) is 3.69. The molecule has 6 nitrogen and oxygen atoms in total. The lowest BCUT2D eigenvalue weighted by atomic mass is 9.82. The van der Waals surface area contributed by atoms with E-state index < -0.39 is 0 Å². The van der Waals surface area contributed by atoms with Crippen molar-refractivity contribution in [2.75, 3.05) is 19.8 Å². The molecule has 1 aromatic heterocycles. The molecule has 1 N–H and O–H groups in total. The smallest absolute Gasteiger partial charge is 0.167 e. The van der Waals surface area contributed by atoms with E-state index in [9.17, 15) is 0 Å². The molecule has 0 bridgehead atoms. The van der Waals surface area contributed by atoms with Gasteiger partial charge in [0.1, 0.15) is 0 Å². The molecule has 2 rings (SSSR count). The summed E-state index contributed by atoms with van der Waals surface area (Å²) in [6.07, 6.45) is 2.14. The van der Waals surface area contributed by atoms with E-state index in [0.29, 0.717) is 0 Å². The summed E-state index contributed by atoms with van der Waals surface area (Å²) in [5, 5.41) is 15.4. The van der Waals surface area contributed by atoms with Gasteiger partial charge < -0.3 is 10.1 Å². The number of tetrazole rings is 1. The van der Waals surface area contributed by atoms with E-state index in [1.807, 2.05) is 4.68 Å².